The highest BCUT2D eigenvalue weighted by Gasteiger charge is 2.29. The topological polar surface area (TPSA) is 96.0 Å². The number of benzene rings is 1. The minimum atomic E-state index is -3.68. The molecule has 3 rings (SSSR count). The molecule has 172 valence electrons. The van der Waals surface area contributed by atoms with Crippen molar-refractivity contribution in [3.8, 4) is 0 Å². The van der Waals surface area contributed by atoms with Crippen molar-refractivity contribution in [2.24, 2.45) is 5.92 Å². The number of esters is 1. The summed E-state index contributed by atoms with van der Waals surface area (Å²) in [5, 5.41) is 2.71. The second kappa shape index (κ2) is 10.5. The molecule has 0 aromatic heterocycles. The molecule has 1 amide bonds. The van der Waals surface area contributed by atoms with Crippen LogP contribution >= 0.6 is 0 Å². The average Bonchev–Trinajstić information content (AvgIpc) is 3.31. The van der Waals surface area contributed by atoms with Crippen LogP contribution in [0.2, 0.25) is 0 Å². The number of sulfonamides is 1. The molecule has 2 saturated heterocycles. The number of nitrogens with zero attached hydrogens (tertiary/aromatic N) is 2. The smallest absolute Gasteiger partial charge is 0.340 e. The summed E-state index contributed by atoms with van der Waals surface area (Å²) in [5.74, 6) is -0.766. The second-order valence-corrected chi connectivity index (χ2v) is 10.5. The molecular weight excluding hydrogens is 418 g/mol. The number of carbonyl (C=O) groups is 2. The molecular formula is C22H33N3O5S. The van der Waals surface area contributed by atoms with Crippen LogP contribution in [0, 0.1) is 5.92 Å². The van der Waals surface area contributed by atoms with Gasteiger partial charge in [0.2, 0.25) is 10.0 Å². The zero-order valence-electron chi connectivity index (χ0n) is 18.4. The standard InChI is InChI=1S/C22H33N3O5S/c1-17(2)15-23-21(26)16-30-22(27)19-14-18(8-9-20(19)24-10-6-7-11-24)31(28,29)25-12-4-3-5-13-25/h8-9,14,17H,3-7,10-13,15-16H2,1-2H3,(H,23,26). The van der Waals surface area contributed by atoms with Crippen molar-refractivity contribution < 1.29 is 22.7 Å². The fourth-order valence-electron chi connectivity index (χ4n) is 3.91. The fraction of sp³-hybridized carbons (Fsp3) is 0.636. The highest BCUT2D eigenvalue weighted by atomic mass is 32.2. The summed E-state index contributed by atoms with van der Waals surface area (Å²) in [5.41, 5.74) is 0.847. The lowest BCUT2D eigenvalue weighted by molar-refractivity contribution is -0.124. The molecule has 0 atom stereocenters. The lowest BCUT2D eigenvalue weighted by Gasteiger charge is -2.27. The Bertz CT molecular complexity index is 888. The molecule has 1 aromatic rings. The van der Waals surface area contributed by atoms with Gasteiger partial charge < -0.3 is 15.0 Å². The molecule has 0 bridgehead atoms. The number of anilines is 1. The van der Waals surface area contributed by atoms with Crippen LogP contribution in [0.3, 0.4) is 0 Å². The molecule has 2 fully saturated rings. The van der Waals surface area contributed by atoms with Gasteiger partial charge >= 0.3 is 5.97 Å². The van der Waals surface area contributed by atoms with Crippen LogP contribution < -0.4 is 10.2 Å². The van der Waals surface area contributed by atoms with E-state index >= 15 is 0 Å². The van der Waals surface area contributed by atoms with Crippen LogP contribution in [0.5, 0.6) is 0 Å². The maximum absolute atomic E-state index is 13.1. The van der Waals surface area contributed by atoms with Crippen LogP contribution in [0.1, 0.15) is 56.3 Å². The van der Waals surface area contributed by atoms with Crippen molar-refractivity contribution in [3.05, 3.63) is 23.8 Å². The van der Waals surface area contributed by atoms with Gasteiger partial charge in [-0.15, -0.1) is 0 Å². The van der Waals surface area contributed by atoms with Gasteiger partial charge in [-0.3, -0.25) is 4.79 Å². The number of nitrogens with one attached hydrogen (secondary N) is 1. The van der Waals surface area contributed by atoms with E-state index in [-0.39, 0.29) is 22.3 Å². The number of rotatable bonds is 8. The Hall–Kier alpha value is -2.13. The summed E-state index contributed by atoms with van der Waals surface area (Å²) >= 11 is 0. The van der Waals surface area contributed by atoms with Crippen LogP contribution in [-0.2, 0) is 19.6 Å². The van der Waals surface area contributed by atoms with Crippen LogP contribution in [0.25, 0.3) is 0 Å². The normalized spacial score (nSPS) is 17.7. The van der Waals surface area contributed by atoms with E-state index in [1.807, 2.05) is 13.8 Å². The first-order chi connectivity index (χ1) is 14.8. The Morgan fingerprint density at radius 2 is 1.68 bits per heavy atom. The monoisotopic (exact) mass is 451 g/mol. The van der Waals surface area contributed by atoms with Crippen molar-refractivity contribution in [2.75, 3.05) is 44.2 Å². The molecule has 0 aliphatic carbocycles. The van der Waals surface area contributed by atoms with Crippen LogP contribution in [0.15, 0.2) is 23.1 Å². The first kappa shape index (κ1) is 23.5. The van der Waals surface area contributed by atoms with Gasteiger partial charge in [-0.25, -0.2) is 13.2 Å². The summed E-state index contributed by atoms with van der Waals surface area (Å²) in [6.07, 6.45) is 4.73. The van der Waals surface area contributed by atoms with Crippen LogP contribution in [-0.4, -0.2) is 63.9 Å². The predicted molar refractivity (Wildman–Crippen MR) is 119 cm³/mol. The van der Waals surface area contributed by atoms with E-state index < -0.39 is 22.6 Å². The number of amides is 1. The summed E-state index contributed by atoms with van der Waals surface area (Å²) in [4.78, 5) is 27.0. The van der Waals surface area contributed by atoms with E-state index in [1.54, 1.807) is 12.1 Å². The highest BCUT2D eigenvalue weighted by molar-refractivity contribution is 7.89. The lowest BCUT2D eigenvalue weighted by atomic mass is 10.1. The molecule has 2 aliphatic heterocycles. The van der Waals surface area contributed by atoms with Gasteiger partial charge in [-0.1, -0.05) is 20.3 Å². The van der Waals surface area contributed by atoms with Crippen molar-refractivity contribution >= 4 is 27.6 Å². The first-order valence-corrected chi connectivity index (χ1v) is 12.6. The minimum absolute atomic E-state index is 0.0913. The third kappa shape index (κ3) is 5.98. The fourth-order valence-corrected chi connectivity index (χ4v) is 5.45. The quantitative estimate of drug-likeness (QED) is 0.610. The minimum Gasteiger partial charge on any atom is -0.452 e. The van der Waals surface area contributed by atoms with Crippen LogP contribution in [0.4, 0.5) is 5.69 Å². The van der Waals surface area contributed by atoms with E-state index in [0.29, 0.717) is 25.3 Å². The number of hydrogen-bond donors (Lipinski definition) is 1. The van der Waals surface area contributed by atoms with Gasteiger partial charge in [0.25, 0.3) is 5.91 Å². The Morgan fingerprint density at radius 3 is 2.32 bits per heavy atom. The molecule has 31 heavy (non-hydrogen) atoms. The molecule has 0 spiro atoms. The summed E-state index contributed by atoms with van der Waals surface area (Å²) in [6.45, 7) is 6.64. The van der Waals surface area contributed by atoms with E-state index in [1.165, 1.54) is 10.4 Å². The van der Waals surface area contributed by atoms with Gasteiger partial charge in [0.1, 0.15) is 0 Å². The molecule has 2 aliphatic rings. The summed E-state index contributed by atoms with van der Waals surface area (Å²) in [6, 6.07) is 4.67. The van der Waals surface area contributed by atoms with Crippen molar-refractivity contribution in [2.45, 2.75) is 50.8 Å². The summed E-state index contributed by atoms with van der Waals surface area (Å²) < 4.78 is 32.9. The largest absolute Gasteiger partial charge is 0.452 e. The maximum Gasteiger partial charge on any atom is 0.340 e. The van der Waals surface area contributed by atoms with Crippen molar-refractivity contribution in [3.63, 3.8) is 0 Å². The highest BCUT2D eigenvalue weighted by Crippen LogP contribution is 2.30. The lowest BCUT2D eigenvalue weighted by Crippen LogP contribution is -2.35. The van der Waals surface area contributed by atoms with E-state index in [9.17, 15) is 18.0 Å². The Labute approximate surface area is 185 Å². The number of carbonyl (C=O) groups excluding carboxylic acids is 2. The van der Waals surface area contributed by atoms with E-state index in [2.05, 4.69) is 10.2 Å². The van der Waals surface area contributed by atoms with Gasteiger partial charge in [0.05, 0.1) is 16.1 Å². The number of ether oxygens (including phenoxy) is 1. The van der Waals surface area contributed by atoms with Crippen molar-refractivity contribution in [1.82, 2.24) is 9.62 Å². The van der Waals surface area contributed by atoms with Gasteiger partial charge in [0.15, 0.2) is 6.61 Å². The molecule has 0 saturated carbocycles. The Balaban J connectivity index is 1.82. The van der Waals surface area contributed by atoms with Gasteiger partial charge in [-0.2, -0.15) is 4.31 Å². The molecule has 1 aromatic carbocycles. The third-order valence-corrected chi connectivity index (χ3v) is 7.52. The SMILES string of the molecule is CC(C)CNC(=O)COC(=O)c1cc(S(=O)(=O)N2CCCCC2)ccc1N1CCCC1. The average molecular weight is 452 g/mol. The first-order valence-electron chi connectivity index (χ1n) is 11.1. The molecule has 0 radical (unpaired) electrons. The number of hydrogen-bond acceptors (Lipinski definition) is 6. The molecule has 9 heteroatoms. The van der Waals surface area contributed by atoms with E-state index in [4.69, 9.17) is 4.74 Å². The summed E-state index contributed by atoms with van der Waals surface area (Å²) in [7, 11) is -3.68. The molecule has 0 unspecified atom stereocenters. The molecule has 2 heterocycles. The van der Waals surface area contributed by atoms with Gasteiger partial charge in [0, 0.05) is 32.7 Å². The second-order valence-electron chi connectivity index (χ2n) is 8.61. The zero-order chi connectivity index (χ0) is 22.4. The third-order valence-electron chi connectivity index (χ3n) is 5.63. The van der Waals surface area contributed by atoms with Gasteiger partial charge in [-0.05, 0) is 49.8 Å². The molecule has 1 N–H and O–H groups in total. The maximum atomic E-state index is 13.1. The van der Waals surface area contributed by atoms with E-state index in [0.717, 1.165) is 45.2 Å². The molecule has 8 nitrogen and oxygen atoms in total. The number of piperidine rings is 1. The zero-order valence-corrected chi connectivity index (χ0v) is 19.2. The van der Waals surface area contributed by atoms with Crippen molar-refractivity contribution in [1.29, 1.82) is 0 Å². The Kier molecular flexibility index (Phi) is 7.94. The predicted octanol–water partition coefficient (Wildman–Crippen LogP) is 2.39. The Morgan fingerprint density at radius 1 is 1.03 bits per heavy atom.